The van der Waals surface area contributed by atoms with Crippen molar-refractivity contribution < 1.29 is 4.79 Å². The Hall–Kier alpha value is -0.851. The van der Waals surface area contributed by atoms with E-state index in [4.69, 9.17) is 0 Å². The number of benzene rings is 1. The third kappa shape index (κ3) is 2.39. The van der Waals surface area contributed by atoms with Crippen LogP contribution in [0.15, 0.2) is 34.8 Å². The summed E-state index contributed by atoms with van der Waals surface area (Å²) in [4.78, 5) is 11.9. The van der Waals surface area contributed by atoms with Gasteiger partial charge in [0.05, 0.1) is 0 Å². The molecule has 77 valence electrons. The number of hydrogen-bond acceptors (Lipinski definition) is 1. The van der Waals surface area contributed by atoms with Crippen LogP contribution in [0, 0.1) is 0 Å². The van der Waals surface area contributed by atoms with Crippen molar-refractivity contribution in [1.29, 1.82) is 0 Å². The molecular formula is C13H13OSe. The predicted octanol–water partition coefficient (Wildman–Crippen LogP) is 2.71. The number of ketones is 1. The normalized spacial score (nSPS) is 17.7. The summed E-state index contributed by atoms with van der Waals surface area (Å²) in [6.07, 6.45) is 3.83. The van der Waals surface area contributed by atoms with Crippen LogP contribution in [-0.4, -0.2) is 21.8 Å². The van der Waals surface area contributed by atoms with Gasteiger partial charge < -0.3 is 0 Å². The molecule has 0 bridgehead atoms. The van der Waals surface area contributed by atoms with Gasteiger partial charge in [0.1, 0.15) is 0 Å². The molecule has 0 N–H and O–H groups in total. The fraction of sp³-hybridized carbons (Fsp3) is 0.308. The number of rotatable bonds is 1. The molecule has 1 aromatic rings. The summed E-state index contributed by atoms with van der Waals surface area (Å²) in [5.74, 6) is 0.285. The van der Waals surface area contributed by atoms with Crippen LogP contribution in [0.1, 0.15) is 31.2 Å². The first-order valence-electron chi connectivity index (χ1n) is 5.28. The molecule has 0 heterocycles. The van der Waals surface area contributed by atoms with Gasteiger partial charge in [-0.3, -0.25) is 0 Å². The molecule has 1 aromatic carbocycles. The van der Waals surface area contributed by atoms with Crippen LogP contribution in [0.5, 0.6) is 0 Å². The summed E-state index contributed by atoms with van der Waals surface area (Å²) in [7, 11) is 0. The quantitative estimate of drug-likeness (QED) is 0.713. The molecule has 0 aliphatic heterocycles. The standard InChI is InChI=1S/C13H13OSe/c14-11-8-4-5-9-12(15)13(11)10-6-2-1-3-7-10/h1-3,6-7H,4-5,8-9H2. The number of hydrogen-bond donors (Lipinski definition) is 0. The van der Waals surface area contributed by atoms with E-state index in [1.165, 1.54) is 0 Å². The fourth-order valence-corrected chi connectivity index (χ4v) is 2.69. The van der Waals surface area contributed by atoms with E-state index in [0.29, 0.717) is 6.42 Å². The predicted molar refractivity (Wildman–Crippen MR) is 62.6 cm³/mol. The molecule has 0 saturated heterocycles. The Balaban J connectivity index is 2.44. The van der Waals surface area contributed by atoms with Gasteiger partial charge in [0, 0.05) is 0 Å². The van der Waals surface area contributed by atoms with E-state index >= 15 is 0 Å². The molecule has 1 radical (unpaired) electrons. The van der Waals surface area contributed by atoms with Crippen molar-refractivity contribution in [3.05, 3.63) is 40.4 Å². The Morgan fingerprint density at radius 3 is 2.40 bits per heavy atom. The van der Waals surface area contributed by atoms with Crippen LogP contribution in [0.25, 0.3) is 5.57 Å². The zero-order valence-corrected chi connectivity index (χ0v) is 10.2. The zero-order chi connectivity index (χ0) is 10.7. The van der Waals surface area contributed by atoms with E-state index < -0.39 is 0 Å². The molecule has 2 rings (SSSR count). The van der Waals surface area contributed by atoms with Gasteiger partial charge in [0.15, 0.2) is 0 Å². The summed E-state index contributed by atoms with van der Waals surface area (Å²) < 4.78 is 1.13. The third-order valence-electron chi connectivity index (χ3n) is 2.68. The minimum atomic E-state index is 0.285. The Bertz CT molecular complexity index is 392. The average molecular weight is 264 g/mol. The maximum atomic E-state index is 11.9. The van der Waals surface area contributed by atoms with Gasteiger partial charge in [-0.25, -0.2) is 0 Å². The second-order valence-electron chi connectivity index (χ2n) is 3.79. The van der Waals surface area contributed by atoms with Gasteiger partial charge in [0.25, 0.3) is 0 Å². The Morgan fingerprint density at radius 1 is 1.00 bits per heavy atom. The average Bonchev–Trinajstić information content (AvgIpc) is 2.41. The zero-order valence-electron chi connectivity index (χ0n) is 8.53. The molecule has 1 aliphatic rings. The van der Waals surface area contributed by atoms with Crippen molar-refractivity contribution in [2.75, 3.05) is 0 Å². The van der Waals surface area contributed by atoms with Crippen LogP contribution < -0.4 is 0 Å². The van der Waals surface area contributed by atoms with E-state index in [2.05, 4.69) is 16.0 Å². The molecule has 1 nitrogen and oxygen atoms in total. The minimum absolute atomic E-state index is 0.285. The molecule has 0 saturated carbocycles. The molecule has 0 amide bonds. The van der Waals surface area contributed by atoms with Gasteiger partial charge in [-0.2, -0.15) is 0 Å². The first-order chi connectivity index (χ1) is 7.29. The van der Waals surface area contributed by atoms with Gasteiger partial charge in [-0.05, 0) is 0 Å². The van der Waals surface area contributed by atoms with E-state index in [9.17, 15) is 4.79 Å². The Labute approximate surface area is 98.4 Å². The second-order valence-corrected chi connectivity index (χ2v) is 4.83. The Kier molecular flexibility index (Phi) is 3.40. The third-order valence-corrected chi connectivity index (χ3v) is 3.53. The molecular weight excluding hydrogens is 251 g/mol. The van der Waals surface area contributed by atoms with E-state index in [-0.39, 0.29) is 5.78 Å². The van der Waals surface area contributed by atoms with Crippen LogP contribution in [0.3, 0.4) is 0 Å². The summed E-state index contributed by atoms with van der Waals surface area (Å²) >= 11 is 3.06. The second kappa shape index (κ2) is 4.78. The molecule has 2 heteroatoms. The van der Waals surface area contributed by atoms with E-state index in [1.54, 1.807) is 0 Å². The van der Waals surface area contributed by atoms with Gasteiger partial charge in [-0.1, -0.05) is 0 Å². The molecule has 1 aliphatic carbocycles. The molecule has 0 unspecified atom stereocenters. The van der Waals surface area contributed by atoms with Crippen molar-refractivity contribution in [1.82, 2.24) is 0 Å². The van der Waals surface area contributed by atoms with Crippen molar-refractivity contribution in [2.45, 2.75) is 25.7 Å². The number of allylic oxidation sites excluding steroid dienone is 2. The van der Waals surface area contributed by atoms with Crippen molar-refractivity contribution in [2.24, 2.45) is 0 Å². The summed E-state index contributed by atoms with van der Waals surface area (Å²) in [6.45, 7) is 0. The maximum absolute atomic E-state index is 11.9. The number of carbonyl (C=O) groups is 1. The molecule has 0 spiro atoms. The Morgan fingerprint density at radius 2 is 1.67 bits per heavy atom. The van der Waals surface area contributed by atoms with Gasteiger partial charge >= 0.3 is 98.2 Å². The van der Waals surface area contributed by atoms with Crippen LogP contribution in [0.2, 0.25) is 0 Å². The first-order valence-corrected chi connectivity index (χ1v) is 6.13. The van der Waals surface area contributed by atoms with Crippen LogP contribution in [0.4, 0.5) is 0 Å². The molecule has 15 heavy (non-hydrogen) atoms. The van der Waals surface area contributed by atoms with Crippen molar-refractivity contribution >= 4 is 27.4 Å². The van der Waals surface area contributed by atoms with Crippen molar-refractivity contribution in [3.8, 4) is 0 Å². The number of Topliss-reactive ketones (excluding diaryl/α,β-unsaturated/α-hetero) is 1. The van der Waals surface area contributed by atoms with Gasteiger partial charge in [0.2, 0.25) is 0 Å². The van der Waals surface area contributed by atoms with E-state index in [1.807, 2.05) is 30.3 Å². The summed E-state index contributed by atoms with van der Waals surface area (Å²) in [6, 6.07) is 9.96. The van der Waals surface area contributed by atoms with Crippen LogP contribution in [-0.2, 0) is 4.79 Å². The summed E-state index contributed by atoms with van der Waals surface area (Å²) in [5.41, 5.74) is 1.96. The molecule has 0 fully saturated rings. The number of carbonyl (C=O) groups excluding carboxylic acids is 1. The van der Waals surface area contributed by atoms with Gasteiger partial charge in [-0.15, -0.1) is 0 Å². The summed E-state index contributed by atoms with van der Waals surface area (Å²) in [5, 5.41) is 0. The SMILES string of the molecule is O=C1CCCCC([Se])=C1c1ccccc1. The topological polar surface area (TPSA) is 17.1 Å². The molecule has 0 atom stereocenters. The first kappa shape index (κ1) is 10.7. The van der Waals surface area contributed by atoms with Crippen molar-refractivity contribution in [3.63, 3.8) is 0 Å². The van der Waals surface area contributed by atoms with E-state index in [0.717, 1.165) is 34.9 Å². The molecule has 0 aromatic heterocycles. The fourth-order valence-electron chi connectivity index (χ4n) is 1.90. The van der Waals surface area contributed by atoms with Crippen LogP contribution >= 0.6 is 0 Å². The monoisotopic (exact) mass is 265 g/mol.